The third-order valence-electron chi connectivity index (χ3n) is 4.39. The van der Waals surface area contributed by atoms with Crippen molar-refractivity contribution < 1.29 is 4.79 Å². The number of nitrogens with two attached hydrogens (primary N) is 2. The van der Waals surface area contributed by atoms with Gasteiger partial charge in [-0.2, -0.15) is 0 Å². The second kappa shape index (κ2) is 4.62. The van der Waals surface area contributed by atoms with Gasteiger partial charge in [-0.15, -0.1) is 0 Å². The van der Waals surface area contributed by atoms with Gasteiger partial charge in [0.2, 0.25) is 5.91 Å². The van der Waals surface area contributed by atoms with E-state index in [1.807, 2.05) is 4.90 Å². The van der Waals surface area contributed by atoms with E-state index in [0.29, 0.717) is 19.5 Å². The van der Waals surface area contributed by atoms with Gasteiger partial charge in [-0.3, -0.25) is 4.79 Å². The fourth-order valence-electron chi connectivity index (χ4n) is 2.87. The Kier molecular flexibility index (Phi) is 3.07. The van der Waals surface area contributed by atoms with E-state index in [-0.39, 0.29) is 11.3 Å². The highest BCUT2D eigenvalue weighted by Crippen LogP contribution is 2.47. The zero-order valence-corrected chi connectivity index (χ0v) is 11.2. The lowest BCUT2D eigenvalue weighted by atomic mass is 10.1. The molecule has 1 aliphatic carbocycles. The first kappa shape index (κ1) is 12.6. The van der Waals surface area contributed by atoms with Crippen molar-refractivity contribution in [1.82, 2.24) is 0 Å². The maximum atomic E-state index is 12.2. The van der Waals surface area contributed by atoms with Crippen LogP contribution < -0.4 is 16.4 Å². The van der Waals surface area contributed by atoms with Crippen LogP contribution in [0.5, 0.6) is 0 Å². The highest BCUT2D eigenvalue weighted by Gasteiger charge is 2.45. The van der Waals surface area contributed by atoms with E-state index >= 15 is 0 Å². The molecule has 1 aliphatic heterocycles. The summed E-state index contributed by atoms with van der Waals surface area (Å²) in [4.78, 5) is 14.1. The Morgan fingerprint density at radius 3 is 2.68 bits per heavy atom. The van der Waals surface area contributed by atoms with Crippen molar-refractivity contribution in [2.45, 2.75) is 25.7 Å². The number of rotatable bonds is 5. The number of hydrogen-bond acceptors (Lipinski definition) is 3. The van der Waals surface area contributed by atoms with E-state index in [9.17, 15) is 4.79 Å². The van der Waals surface area contributed by atoms with Crippen LogP contribution in [-0.4, -0.2) is 25.5 Å². The van der Waals surface area contributed by atoms with E-state index in [1.54, 1.807) is 0 Å². The maximum absolute atomic E-state index is 12.2. The van der Waals surface area contributed by atoms with Gasteiger partial charge in [-0.25, -0.2) is 0 Å². The van der Waals surface area contributed by atoms with Crippen molar-refractivity contribution in [2.75, 3.05) is 24.5 Å². The van der Waals surface area contributed by atoms with Crippen LogP contribution in [0.25, 0.3) is 0 Å². The van der Waals surface area contributed by atoms with Gasteiger partial charge >= 0.3 is 0 Å². The number of carbonyl (C=O) groups is 1. The Balaban J connectivity index is 1.83. The minimum atomic E-state index is 0.188. The van der Waals surface area contributed by atoms with Crippen LogP contribution in [0.1, 0.15) is 24.0 Å². The first-order valence-electron chi connectivity index (χ1n) is 7.00. The molecule has 0 unspecified atom stereocenters. The summed E-state index contributed by atoms with van der Waals surface area (Å²) in [5.41, 5.74) is 15.0. The summed E-state index contributed by atoms with van der Waals surface area (Å²) in [6.07, 6.45) is 3.68. The van der Waals surface area contributed by atoms with Crippen LogP contribution in [0.15, 0.2) is 18.2 Å². The normalized spacial score (nSPS) is 19.7. The van der Waals surface area contributed by atoms with E-state index in [1.165, 1.54) is 5.56 Å². The molecule has 4 heteroatoms. The minimum Gasteiger partial charge on any atom is -0.330 e. The van der Waals surface area contributed by atoms with Gasteiger partial charge in [-0.05, 0) is 49.5 Å². The standard InChI is InChI=1S/C15H21N3O/c16-6-3-11-1-2-13-12(7-11)8-14(19)18(13)10-15(9-17)4-5-15/h1-2,7H,3-6,8-10,16-17H2. The van der Waals surface area contributed by atoms with Crippen molar-refractivity contribution in [3.63, 3.8) is 0 Å². The largest absolute Gasteiger partial charge is 0.330 e. The molecule has 19 heavy (non-hydrogen) atoms. The topological polar surface area (TPSA) is 72.4 Å². The average Bonchev–Trinajstić information content (AvgIpc) is 3.11. The molecule has 0 spiro atoms. The lowest BCUT2D eigenvalue weighted by Gasteiger charge is -2.23. The predicted octanol–water partition coefficient (Wildman–Crippen LogP) is 0.816. The molecule has 102 valence electrons. The monoisotopic (exact) mass is 259 g/mol. The van der Waals surface area contributed by atoms with Crippen molar-refractivity contribution >= 4 is 11.6 Å². The third-order valence-corrected chi connectivity index (χ3v) is 4.39. The van der Waals surface area contributed by atoms with Crippen molar-refractivity contribution in [1.29, 1.82) is 0 Å². The number of anilines is 1. The van der Waals surface area contributed by atoms with Gasteiger partial charge in [0.1, 0.15) is 0 Å². The Morgan fingerprint density at radius 1 is 1.26 bits per heavy atom. The number of carbonyl (C=O) groups excluding carboxylic acids is 1. The lowest BCUT2D eigenvalue weighted by Crippen LogP contribution is -2.36. The zero-order valence-electron chi connectivity index (χ0n) is 11.2. The number of amides is 1. The van der Waals surface area contributed by atoms with Crippen LogP contribution in [-0.2, 0) is 17.6 Å². The Labute approximate surface area is 113 Å². The number of benzene rings is 1. The molecule has 4 N–H and O–H groups in total. The van der Waals surface area contributed by atoms with Gasteiger partial charge in [-0.1, -0.05) is 12.1 Å². The molecular weight excluding hydrogens is 238 g/mol. The molecule has 4 nitrogen and oxygen atoms in total. The summed E-state index contributed by atoms with van der Waals surface area (Å²) in [6.45, 7) is 2.11. The molecule has 1 saturated carbocycles. The van der Waals surface area contributed by atoms with Gasteiger partial charge in [0.25, 0.3) is 0 Å². The summed E-state index contributed by atoms with van der Waals surface area (Å²) in [7, 11) is 0. The van der Waals surface area contributed by atoms with Crippen LogP contribution in [0.2, 0.25) is 0 Å². The smallest absolute Gasteiger partial charge is 0.231 e. The fourth-order valence-corrected chi connectivity index (χ4v) is 2.87. The molecule has 0 bridgehead atoms. The molecule has 2 aliphatic rings. The second-order valence-corrected chi connectivity index (χ2v) is 5.86. The molecular formula is C15H21N3O. The van der Waals surface area contributed by atoms with Crippen LogP contribution >= 0.6 is 0 Å². The first-order valence-corrected chi connectivity index (χ1v) is 7.00. The molecule has 0 aromatic heterocycles. The summed E-state index contributed by atoms with van der Waals surface area (Å²) < 4.78 is 0. The van der Waals surface area contributed by atoms with Crippen LogP contribution in [0, 0.1) is 5.41 Å². The predicted molar refractivity (Wildman–Crippen MR) is 76.0 cm³/mol. The molecule has 0 atom stereocenters. The first-order chi connectivity index (χ1) is 9.17. The number of nitrogens with zero attached hydrogens (tertiary/aromatic N) is 1. The van der Waals surface area contributed by atoms with Crippen molar-refractivity contribution in [3.05, 3.63) is 29.3 Å². The van der Waals surface area contributed by atoms with Gasteiger partial charge < -0.3 is 16.4 Å². The van der Waals surface area contributed by atoms with Crippen LogP contribution in [0.4, 0.5) is 5.69 Å². The van der Waals surface area contributed by atoms with Crippen molar-refractivity contribution in [2.24, 2.45) is 16.9 Å². The molecule has 1 fully saturated rings. The molecule has 1 aromatic rings. The number of fused-ring (bicyclic) bond motifs is 1. The highest BCUT2D eigenvalue weighted by atomic mass is 16.2. The van der Waals surface area contributed by atoms with Gasteiger partial charge in [0.15, 0.2) is 0 Å². The zero-order chi connectivity index (χ0) is 13.5. The summed E-state index contributed by atoms with van der Waals surface area (Å²) in [6, 6.07) is 6.28. The maximum Gasteiger partial charge on any atom is 0.231 e. The molecule has 1 heterocycles. The van der Waals surface area contributed by atoms with Gasteiger partial charge in [0, 0.05) is 17.6 Å². The summed E-state index contributed by atoms with van der Waals surface area (Å²) >= 11 is 0. The van der Waals surface area contributed by atoms with Crippen LogP contribution in [0.3, 0.4) is 0 Å². The quantitative estimate of drug-likeness (QED) is 0.822. The Morgan fingerprint density at radius 2 is 2.05 bits per heavy atom. The van der Waals surface area contributed by atoms with E-state index in [0.717, 1.165) is 37.1 Å². The minimum absolute atomic E-state index is 0.188. The third kappa shape index (κ3) is 2.26. The van der Waals surface area contributed by atoms with E-state index in [2.05, 4.69) is 18.2 Å². The Hall–Kier alpha value is -1.39. The summed E-state index contributed by atoms with van der Waals surface area (Å²) in [5, 5.41) is 0. The molecule has 1 aromatic carbocycles. The molecule has 1 amide bonds. The fraction of sp³-hybridized carbons (Fsp3) is 0.533. The van der Waals surface area contributed by atoms with Crippen molar-refractivity contribution in [3.8, 4) is 0 Å². The molecule has 3 rings (SSSR count). The lowest BCUT2D eigenvalue weighted by molar-refractivity contribution is -0.117. The second-order valence-electron chi connectivity index (χ2n) is 5.86. The van der Waals surface area contributed by atoms with Gasteiger partial charge in [0.05, 0.1) is 6.42 Å². The highest BCUT2D eigenvalue weighted by molar-refractivity contribution is 6.01. The Bertz CT molecular complexity index is 508. The SMILES string of the molecule is NCCc1ccc2c(c1)CC(=O)N2CC1(CN)CC1. The average molecular weight is 259 g/mol. The van der Waals surface area contributed by atoms with E-state index in [4.69, 9.17) is 11.5 Å². The van der Waals surface area contributed by atoms with E-state index < -0.39 is 0 Å². The summed E-state index contributed by atoms with van der Waals surface area (Å²) in [5.74, 6) is 0.208. The number of hydrogen-bond donors (Lipinski definition) is 2. The molecule has 0 radical (unpaired) electrons. The molecule has 0 saturated heterocycles.